The molecule has 2 aromatic rings. The number of hydrogen-bond donors (Lipinski definition) is 0. The van der Waals surface area contributed by atoms with Crippen LogP contribution >= 0.6 is 0 Å². The average molecular weight is 336 g/mol. The first kappa shape index (κ1) is 16.9. The van der Waals surface area contributed by atoms with Crippen LogP contribution in [0.2, 0.25) is 0 Å². The van der Waals surface area contributed by atoms with E-state index in [1.807, 2.05) is 17.0 Å². The largest absolute Gasteiger partial charge is 0.372 e. The minimum Gasteiger partial charge on any atom is -0.372 e. The minimum absolute atomic E-state index is 0.0345. The second kappa shape index (κ2) is 7.77. The van der Waals surface area contributed by atoms with Crippen LogP contribution in [0.5, 0.6) is 0 Å². The van der Waals surface area contributed by atoms with Gasteiger partial charge in [-0.1, -0.05) is 12.1 Å². The molecule has 0 aliphatic carbocycles. The fourth-order valence-corrected chi connectivity index (χ4v) is 2.92. The number of piperidine rings is 1. The van der Waals surface area contributed by atoms with E-state index in [1.165, 1.54) is 6.07 Å². The van der Waals surface area contributed by atoms with E-state index in [9.17, 15) is 13.2 Å². The van der Waals surface area contributed by atoms with Gasteiger partial charge < -0.3 is 4.74 Å². The van der Waals surface area contributed by atoms with E-state index >= 15 is 0 Å². The number of hydrogen-bond acceptors (Lipinski definition) is 3. The maximum absolute atomic E-state index is 13.8. The first-order chi connectivity index (χ1) is 11.6. The zero-order valence-corrected chi connectivity index (χ0v) is 13.2. The summed E-state index contributed by atoms with van der Waals surface area (Å²) in [7, 11) is 0. The summed E-state index contributed by atoms with van der Waals surface area (Å²) in [4.78, 5) is 6.05. The van der Waals surface area contributed by atoms with Crippen LogP contribution in [0.25, 0.3) is 0 Å². The van der Waals surface area contributed by atoms with E-state index in [-0.39, 0.29) is 18.2 Å². The molecule has 1 unspecified atom stereocenters. The molecule has 1 fully saturated rings. The molecule has 1 aliphatic rings. The summed E-state index contributed by atoms with van der Waals surface area (Å²) < 4.78 is 46.0. The van der Waals surface area contributed by atoms with Crippen molar-refractivity contribution in [1.82, 2.24) is 9.88 Å². The van der Waals surface area contributed by atoms with E-state index in [2.05, 4.69) is 4.98 Å². The predicted molar refractivity (Wildman–Crippen MR) is 83.6 cm³/mol. The first-order valence-corrected chi connectivity index (χ1v) is 7.98. The smallest absolute Gasteiger partial charge is 0.194 e. The van der Waals surface area contributed by atoms with Crippen LogP contribution in [0.3, 0.4) is 0 Å². The lowest BCUT2D eigenvalue weighted by Gasteiger charge is -2.32. The Bertz CT molecular complexity index is 681. The Labute approximate surface area is 139 Å². The van der Waals surface area contributed by atoms with E-state index < -0.39 is 17.5 Å². The normalized spacial score (nSPS) is 18.7. The molecule has 128 valence electrons. The second-order valence-electron chi connectivity index (χ2n) is 6.01. The molecule has 1 aromatic heterocycles. The monoisotopic (exact) mass is 336 g/mol. The molecule has 1 aliphatic heterocycles. The van der Waals surface area contributed by atoms with E-state index in [4.69, 9.17) is 4.74 Å². The number of rotatable bonds is 5. The molecule has 0 saturated carbocycles. The van der Waals surface area contributed by atoms with Crippen molar-refractivity contribution < 1.29 is 17.9 Å². The molecule has 1 saturated heterocycles. The van der Waals surface area contributed by atoms with Crippen molar-refractivity contribution in [3.05, 3.63) is 65.2 Å². The van der Waals surface area contributed by atoms with Crippen LogP contribution in [0.4, 0.5) is 13.2 Å². The van der Waals surface area contributed by atoms with Gasteiger partial charge in [0.15, 0.2) is 17.5 Å². The lowest BCUT2D eigenvalue weighted by molar-refractivity contribution is -0.0124. The zero-order valence-electron chi connectivity index (χ0n) is 13.2. The molecule has 0 radical (unpaired) electrons. The summed E-state index contributed by atoms with van der Waals surface area (Å²) in [5.74, 6) is -3.67. The molecular formula is C18H19F3N2O. The minimum atomic E-state index is -1.41. The van der Waals surface area contributed by atoms with Crippen molar-refractivity contribution in [2.24, 2.45) is 0 Å². The third kappa shape index (κ3) is 4.13. The zero-order chi connectivity index (χ0) is 16.9. The van der Waals surface area contributed by atoms with Gasteiger partial charge in [-0.2, -0.15) is 0 Å². The van der Waals surface area contributed by atoms with Gasteiger partial charge in [0, 0.05) is 31.0 Å². The van der Waals surface area contributed by atoms with Gasteiger partial charge in [0.25, 0.3) is 0 Å². The quantitative estimate of drug-likeness (QED) is 0.779. The van der Waals surface area contributed by atoms with Crippen molar-refractivity contribution >= 4 is 0 Å². The number of likely N-dealkylation sites (tertiary alicyclic amines) is 1. The summed E-state index contributed by atoms with van der Waals surface area (Å²) in [6, 6.07) is 6.07. The Morgan fingerprint density at radius 2 is 2.04 bits per heavy atom. The molecule has 2 heterocycles. The Morgan fingerprint density at radius 1 is 1.17 bits per heavy atom. The Morgan fingerprint density at radius 3 is 2.83 bits per heavy atom. The third-order valence-corrected chi connectivity index (χ3v) is 4.18. The molecule has 3 nitrogen and oxygen atoms in total. The molecule has 1 atom stereocenters. The summed E-state index contributed by atoms with van der Waals surface area (Å²) in [6.07, 6.45) is 5.35. The SMILES string of the molecule is Fc1ccc(CN2CCCC(OCc3cccnc3)C2)c(F)c1F. The van der Waals surface area contributed by atoms with E-state index in [1.54, 1.807) is 12.4 Å². The first-order valence-electron chi connectivity index (χ1n) is 7.98. The van der Waals surface area contributed by atoms with Crippen molar-refractivity contribution in [3.8, 4) is 0 Å². The van der Waals surface area contributed by atoms with Gasteiger partial charge in [0.1, 0.15) is 0 Å². The van der Waals surface area contributed by atoms with Gasteiger partial charge >= 0.3 is 0 Å². The molecule has 0 spiro atoms. The number of nitrogens with zero attached hydrogens (tertiary/aromatic N) is 2. The predicted octanol–water partition coefficient (Wildman–Crippen LogP) is 3.68. The molecule has 3 rings (SSSR count). The van der Waals surface area contributed by atoms with Crippen LogP contribution in [0.15, 0.2) is 36.7 Å². The summed E-state index contributed by atoms with van der Waals surface area (Å²) >= 11 is 0. The van der Waals surface area contributed by atoms with Crippen LogP contribution in [0, 0.1) is 17.5 Å². The van der Waals surface area contributed by atoms with E-state index in [0.29, 0.717) is 13.2 Å². The van der Waals surface area contributed by atoms with Crippen LogP contribution in [0.1, 0.15) is 24.0 Å². The third-order valence-electron chi connectivity index (χ3n) is 4.18. The lowest BCUT2D eigenvalue weighted by Crippen LogP contribution is -2.39. The standard InChI is InChI=1S/C18H19F3N2O/c19-16-6-5-14(17(20)18(16)21)10-23-8-2-4-15(11-23)24-12-13-3-1-7-22-9-13/h1,3,5-7,9,15H,2,4,8,10-12H2. The highest BCUT2D eigenvalue weighted by atomic mass is 19.2. The molecule has 0 bridgehead atoms. The second-order valence-corrected chi connectivity index (χ2v) is 6.01. The van der Waals surface area contributed by atoms with E-state index in [0.717, 1.165) is 31.0 Å². The molecule has 24 heavy (non-hydrogen) atoms. The van der Waals surface area contributed by atoms with Crippen LogP contribution in [-0.4, -0.2) is 29.1 Å². The topological polar surface area (TPSA) is 25.4 Å². The molecule has 0 amide bonds. The van der Waals surface area contributed by atoms with Gasteiger partial charge in [-0.25, -0.2) is 13.2 Å². The van der Waals surface area contributed by atoms with Crippen molar-refractivity contribution in [2.75, 3.05) is 13.1 Å². The highest BCUT2D eigenvalue weighted by Gasteiger charge is 2.22. The molecule has 0 N–H and O–H groups in total. The summed E-state index contributed by atoms with van der Waals surface area (Å²) in [6.45, 7) is 2.14. The lowest BCUT2D eigenvalue weighted by atomic mass is 10.1. The number of benzene rings is 1. The number of ether oxygens (including phenoxy) is 1. The number of pyridine rings is 1. The fourth-order valence-electron chi connectivity index (χ4n) is 2.92. The van der Waals surface area contributed by atoms with Gasteiger partial charge in [0.05, 0.1) is 12.7 Å². The Hall–Kier alpha value is -1.92. The average Bonchev–Trinajstić information content (AvgIpc) is 2.62. The maximum Gasteiger partial charge on any atom is 0.194 e. The molecular weight excluding hydrogens is 317 g/mol. The van der Waals surface area contributed by atoms with Gasteiger partial charge in [-0.15, -0.1) is 0 Å². The highest BCUT2D eigenvalue weighted by Crippen LogP contribution is 2.20. The van der Waals surface area contributed by atoms with Crippen molar-refractivity contribution in [3.63, 3.8) is 0 Å². The van der Waals surface area contributed by atoms with Crippen molar-refractivity contribution in [1.29, 1.82) is 0 Å². The maximum atomic E-state index is 13.8. The van der Waals surface area contributed by atoms with Crippen LogP contribution in [-0.2, 0) is 17.9 Å². The summed E-state index contributed by atoms with van der Waals surface area (Å²) in [5.41, 5.74) is 1.17. The summed E-state index contributed by atoms with van der Waals surface area (Å²) in [5, 5.41) is 0. The highest BCUT2D eigenvalue weighted by molar-refractivity contribution is 5.20. The number of aromatic nitrogens is 1. The Kier molecular flexibility index (Phi) is 5.48. The number of halogens is 3. The van der Waals surface area contributed by atoms with Crippen LogP contribution < -0.4 is 0 Å². The van der Waals surface area contributed by atoms with Gasteiger partial charge in [-0.3, -0.25) is 9.88 Å². The molecule has 1 aromatic carbocycles. The Balaban J connectivity index is 1.57. The van der Waals surface area contributed by atoms with Crippen molar-refractivity contribution in [2.45, 2.75) is 32.1 Å². The van der Waals surface area contributed by atoms with Gasteiger partial charge in [0.2, 0.25) is 0 Å². The fraction of sp³-hybridized carbons (Fsp3) is 0.389. The van der Waals surface area contributed by atoms with Gasteiger partial charge in [-0.05, 0) is 37.1 Å². The molecule has 6 heteroatoms.